The van der Waals surface area contributed by atoms with Gasteiger partial charge in [-0.1, -0.05) is 38.8 Å². The molecule has 1 aromatic rings. The van der Waals surface area contributed by atoms with Gasteiger partial charge in [0.05, 0.1) is 17.7 Å². The minimum atomic E-state index is -0.553. The summed E-state index contributed by atoms with van der Waals surface area (Å²) >= 11 is 0. The number of aliphatic hydroxyl groups excluding tert-OH is 1. The second-order valence-corrected chi connectivity index (χ2v) is 5.39. The van der Waals surface area contributed by atoms with Gasteiger partial charge in [0.1, 0.15) is 6.54 Å². The van der Waals surface area contributed by atoms with Crippen LogP contribution in [0.1, 0.15) is 60.2 Å². The predicted molar refractivity (Wildman–Crippen MR) is 89.7 cm³/mol. The van der Waals surface area contributed by atoms with Crippen LogP contribution < -0.4 is 0 Å². The Morgan fingerprint density at radius 3 is 2.00 bits per heavy atom. The molecule has 0 saturated carbocycles. The van der Waals surface area contributed by atoms with Gasteiger partial charge in [0.2, 0.25) is 0 Å². The molecule has 0 saturated heterocycles. The molecule has 6 heteroatoms. The SMILES string of the molecule is CCCCO.CCCCOC(=O)CN1C(=O)c2ccccc2C1=O. The third-order valence-electron chi connectivity index (χ3n) is 3.44. The van der Waals surface area contributed by atoms with Crippen molar-refractivity contribution in [2.45, 2.75) is 39.5 Å². The Hall–Kier alpha value is -2.21. The first-order chi connectivity index (χ1) is 11.6. The number of ether oxygens (including phenoxy) is 1. The summed E-state index contributed by atoms with van der Waals surface area (Å²) in [5.41, 5.74) is 0.683. The molecular weight excluding hydrogens is 310 g/mol. The molecule has 0 bridgehead atoms. The van der Waals surface area contributed by atoms with Crippen molar-refractivity contribution in [3.63, 3.8) is 0 Å². The van der Waals surface area contributed by atoms with Gasteiger partial charge in [-0.3, -0.25) is 19.3 Å². The van der Waals surface area contributed by atoms with Crippen molar-refractivity contribution in [2.24, 2.45) is 0 Å². The Balaban J connectivity index is 0.000000505. The number of carbonyl (C=O) groups excluding carboxylic acids is 3. The molecule has 132 valence electrons. The Kier molecular flexibility index (Phi) is 8.71. The summed E-state index contributed by atoms with van der Waals surface area (Å²) in [6, 6.07) is 6.54. The third-order valence-corrected chi connectivity index (χ3v) is 3.44. The van der Waals surface area contributed by atoms with Gasteiger partial charge in [-0.2, -0.15) is 0 Å². The standard InChI is InChI=1S/C14H15NO4.C4H10O/c1-2-3-8-19-12(16)9-15-13(17)10-6-4-5-7-11(10)14(15)18;1-2-3-4-5/h4-7H,2-3,8-9H2,1H3;5H,2-4H2,1H3. The molecule has 1 N–H and O–H groups in total. The molecule has 6 nitrogen and oxygen atoms in total. The van der Waals surface area contributed by atoms with E-state index in [2.05, 4.69) is 6.92 Å². The van der Waals surface area contributed by atoms with Crippen LogP contribution in [-0.2, 0) is 9.53 Å². The van der Waals surface area contributed by atoms with Crippen molar-refractivity contribution in [3.05, 3.63) is 35.4 Å². The zero-order valence-corrected chi connectivity index (χ0v) is 14.3. The summed E-state index contributed by atoms with van der Waals surface area (Å²) < 4.78 is 4.95. The Labute approximate surface area is 142 Å². The normalized spacial score (nSPS) is 12.5. The number of rotatable bonds is 7. The van der Waals surface area contributed by atoms with Crippen molar-refractivity contribution >= 4 is 17.8 Å². The van der Waals surface area contributed by atoms with Crippen LogP contribution >= 0.6 is 0 Å². The molecule has 1 aliphatic rings. The number of esters is 1. The second-order valence-electron chi connectivity index (χ2n) is 5.39. The maximum atomic E-state index is 12.0. The van der Waals surface area contributed by atoms with Crippen LogP contribution in [0, 0.1) is 0 Å². The van der Waals surface area contributed by atoms with E-state index in [-0.39, 0.29) is 6.54 Å². The molecule has 0 spiro atoms. The van der Waals surface area contributed by atoms with Gasteiger partial charge < -0.3 is 9.84 Å². The van der Waals surface area contributed by atoms with E-state index in [0.717, 1.165) is 30.6 Å². The lowest BCUT2D eigenvalue weighted by molar-refractivity contribution is -0.144. The van der Waals surface area contributed by atoms with Gasteiger partial charge >= 0.3 is 5.97 Å². The lowest BCUT2D eigenvalue weighted by Crippen LogP contribution is -2.35. The molecular formula is C18H25NO5. The Bertz CT molecular complexity index is 533. The number of benzene rings is 1. The average Bonchev–Trinajstić information content (AvgIpc) is 2.82. The summed E-state index contributed by atoms with van der Waals surface area (Å²) in [4.78, 5) is 36.4. The van der Waals surface area contributed by atoms with Gasteiger partial charge in [0, 0.05) is 6.61 Å². The molecule has 0 aliphatic carbocycles. The highest BCUT2D eigenvalue weighted by Crippen LogP contribution is 2.22. The number of fused-ring (bicyclic) bond motifs is 1. The van der Waals surface area contributed by atoms with Crippen molar-refractivity contribution in [3.8, 4) is 0 Å². The van der Waals surface area contributed by atoms with Crippen LogP contribution in [0.2, 0.25) is 0 Å². The fraction of sp³-hybridized carbons (Fsp3) is 0.500. The van der Waals surface area contributed by atoms with E-state index in [1.165, 1.54) is 0 Å². The number of hydrogen-bond donors (Lipinski definition) is 1. The van der Waals surface area contributed by atoms with Gasteiger partial charge in [-0.15, -0.1) is 0 Å². The maximum Gasteiger partial charge on any atom is 0.326 e. The zero-order valence-electron chi connectivity index (χ0n) is 14.3. The van der Waals surface area contributed by atoms with Crippen LogP contribution in [0.25, 0.3) is 0 Å². The summed E-state index contributed by atoms with van der Waals surface area (Å²) in [7, 11) is 0. The topological polar surface area (TPSA) is 83.9 Å². The van der Waals surface area contributed by atoms with Crippen LogP contribution in [-0.4, -0.2) is 47.5 Å². The fourth-order valence-electron chi connectivity index (χ4n) is 2.05. The monoisotopic (exact) mass is 335 g/mol. The molecule has 24 heavy (non-hydrogen) atoms. The van der Waals surface area contributed by atoms with Crippen LogP contribution in [0.15, 0.2) is 24.3 Å². The molecule has 0 fully saturated rings. The first kappa shape index (κ1) is 19.8. The minimum absolute atomic E-state index is 0.318. The highest BCUT2D eigenvalue weighted by Gasteiger charge is 2.36. The maximum absolute atomic E-state index is 12.0. The first-order valence-corrected chi connectivity index (χ1v) is 8.28. The number of imide groups is 1. The molecule has 1 heterocycles. The van der Waals surface area contributed by atoms with Crippen molar-refractivity contribution in [1.82, 2.24) is 4.90 Å². The first-order valence-electron chi connectivity index (χ1n) is 8.28. The van der Waals surface area contributed by atoms with Crippen molar-refractivity contribution < 1.29 is 24.2 Å². The van der Waals surface area contributed by atoms with E-state index in [9.17, 15) is 14.4 Å². The molecule has 2 amide bonds. The van der Waals surface area contributed by atoms with Crippen LogP contribution in [0.3, 0.4) is 0 Å². The van der Waals surface area contributed by atoms with Crippen molar-refractivity contribution in [1.29, 1.82) is 0 Å². The van der Waals surface area contributed by atoms with Crippen molar-refractivity contribution in [2.75, 3.05) is 19.8 Å². The van der Waals surface area contributed by atoms with Crippen LogP contribution in [0.4, 0.5) is 0 Å². The van der Waals surface area contributed by atoms with E-state index in [0.29, 0.717) is 24.3 Å². The third kappa shape index (κ3) is 5.45. The quantitative estimate of drug-likeness (QED) is 0.470. The number of amides is 2. The van der Waals surface area contributed by atoms with Gasteiger partial charge in [0.15, 0.2) is 0 Å². The number of hydrogen-bond acceptors (Lipinski definition) is 5. The second kappa shape index (κ2) is 10.5. The molecule has 0 radical (unpaired) electrons. The largest absolute Gasteiger partial charge is 0.464 e. The smallest absolute Gasteiger partial charge is 0.326 e. The average molecular weight is 335 g/mol. The fourth-order valence-corrected chi connectivity index (χ4v) is 2.05. The van der Waals surface area contributed by atoms with E-state index in [1.54, 1.807) is 24.3 Å². The predicted octanol–water partition coefficient (Wildman–Crippen LogP) is 2.40. The highest BCUT2D eigenvalue weighted by molar-refractivity contribution is 6.22. The van der Waals surface area contributed by atoms with Gasteiger partial charge in [0.25, 0.3) is 11.8 Å². The Morgan fingerprint density at radius 2 is 1.58 bits per heavy atom. The molecule has 1 aromatic carbocycles. The van der Waals surface area contributed by atoms with E-state index in [1.807, 2.05) is 6.92 Å². The van der Waals surface area contributed by atoms with Crippen LogP contribution in [0.5, 0.6) is 0 Å². The number of aliphatic hydroxyl groups is 1. The molecule has 0 atom stereocenters. The number of unbranched alkanes of at least 4 members (excludes halogenated alkanes) is 2. The van der Waals surface area contributed by atoms with Gasteiger partial charge in [-0.05, 0) is 25.0 Å². The summed E-state index contributed by atoms with van der Waals surface area (Å²) in [5, 5.41) is 8.07. The number of carbonyl (C=O) groups is 3. The van der Waals surface area contributed by atoms with E-state index >= 15 is 0 Å². The lowest BCUT2D eigenvalue weighted by atomic mass is 10.1. The molecule has 0 unspecified atom stereocenters. The highest BCUT2D eigenvalue weighted by atomic mass is 16.5. The zero-order chi connectivity index (χ0) is 17.9. The number of nitrogens with zero attached hydrogens (tertiary/aromatic N) is 1. The Morgan fingerprint density at radius 1 is 1.04 bits per heavy atom. The lowest BCUT2D eigenvalue weighted by Gasteiger charge is -2.12. The minimum Gasteiger partial charge on any atom is -0.464 e. The van der Waals surface area contributed by atoms with E-state index < -0.39 is 17.8 Å². The molecule has 0 aromatic heterocycles. The van der Waals surface area contributed by atoms with E-state index in [4.69, 9.17) is 9.84 Å². The van der Waals surface area contributed by atoms with Gasteiger partial charge in [-0.25, -0.2) is 0 Å². The summed E-state index contributed by atoms with van der Waals surface area (Å²) in [5.74, 6) is -1.43. The molecule has 2 rings (SSSR count). The molecule has 1 aliphatic heterocycles. The summed E-state index contributed by atoms with van der Waals surface area (Å²) in [6.45, 7) is 4.37. The summed E-state index contributed by atoms with van der Waals surface area (Å²) in [6.07, 6.45) is 3.73.